The second-order valence-electron chi connectivity index (χ2n) is 18.2. The van der Waals surface area contributed by atoms with Gasteiger partial charge in [0.25, 0.3) is 0 Å². The number of hydrogen-bond acceptors (Lipinski definition) is 16. The molecule has 2 aromatic rings. The van der Waals surface area contributed by atoms with Crippen molar-refractivity contribution in [2.75, 3.05) is 24.6 Å². The number of carbonyl (C=O) groups is 11. The van der Waals surface area contributed by atoms with Crippen molar-refractivity contribution in [2.24, 2.45) is 45.3 Å². The predicted octanol–water partition coefficient (Wildman–Crippen LogP) is -3.08. The molecule has 27 heteroatoms. The van der Waals surface area contributed by atoms with E-state index in [1.165, 1.54) is 29.2 Å². The zero-order chi connectivity index (χ0) is 55.2. The van der Waals surface area contributed by atoms with E-state index in [9.17, 15) is 57.8 Å². The van der Waals surface area contributed by atoms with Crippen LogP contribution in [0.5, 0.6) is 5.75 Å². The average molecular weight is 1080 g/mol. The van der Waals surface area contributed by atoms with Crippen LogP contribution in [-0.2, 0) is 65.6 Å². The number of aromatic hydroxyl groups is 1. The SMILES string of the molecule is NC(=O)CCC(=O)[C@H](CCCN=C(N)N)NC(=O)C1CCCN1C(=O)[C@@H]1CSSC[C@H](N)C(=O)N[C@@H](Cc2ccc(O)cc2)C(=O)N[C@@H](Cc2ccccc2)C(=O)N[C@@H](CCC(N)=O)C(=O)C[C@@H](CC(N)=O)C(=O)N1. The van der Waals surface area contributed by atoms with Crippen molar-refractivity contribution >= 4 is 92.3 Å². The molecule has 2 aromatic carbocycles. The number of phenolic OH excluding ortho intramolecular Hbond substituents is 1. The summed E-state index contributed by atoms with van der Waals surface area (Å²) in [7, 11) is 2.05. The van der Waals surface area contributed by atoms with Gasteiger partial charge in [0.2, 0.25) is 53.2 Å². The van der Waals surface area contributed by atoms with Crippen molar-refractivity contribution < 1.29 is 57.8 Å². The topological polar surface area (TPSA) is 440 Å². The first-order valence-electron chi connectivity index (χ1n) is 24.2. The summed E-state index contributed by atoms with van der Waals surface area (Å²) in [6.07, 6.45) is -2.24. The number of hydrogen-bond donors (Lipinski definition) is 12. The zero-order valence-corrected chi connectivity index (χ0v) is 42.9. The summed E-state index contributed by atoms with van der Waals surface area (Å²) in [6.45, 7) is 0.156. The minimum absolute atomic E-state index is 0.0333. The number of nitrogens with two attached hydrogens (primary N) is 6. The molecule has 2 saturated heterocycles. The third-order valence-corrected chi connectivity index (χ3v) is 14.6. The molecule has 0 bridgehead atoms. The van der Waals surface area contributed by atoms with Gasteiger partial charge < -0.3 is 71.0 Å². The second-order valence-corrected chi connectivity index (χ2v) is 20.7. The third kappa shape index (κ3) is 20.5. The zero-order valence-electron chi connectivity index (χ0n) is 41.2. The second kappa shape index (κ2) is 30.2. The van der Waals surface area contributed by atoms with Crippen LogP contribution in [0.4, 0.5) is 0 Å². The van der Waals surface area contributed by atoms with Crippen LogP contribution in [0, 0.1) is 5.92 Å². The highest BCUT2D eigenvalue weighted by molar-refractivity contribution is 8.76. The molecule has 2 heterocycles. The number of amides is 9. The van der Waals surface area contributed by atoms with Gasteiger partial charge in [-0.15, -0.1) is 0 Å². The number of likely N-dealkylation sites (tertiary alicyclic amines) is 1. The van der Waals surface area contributed by atoms with Crippen molar-refractivity contribution in [3.63, 3.8) is 0 Å². The van der Waals surface area contributed by atoms with Gasteiger partial charge in [-0.25, -0.2) is 0 Å². The summed E-state index contributed by atoms with van der Waals surface area (Å²) in [6, 6.07) is 5.09. The molecule has 0 spiro atoms. The van der Waals surface area contributed by atoms with E-state index in [0.717, 1.165) is 21.6 Å². The molecular formula is C48H67N13O12S2. The fourth-order valence-electron chi connectivity index (χ4n) is 8.23. The lowest BCUT2D eigenvalue weighted by atomic mass is 9.92. The molecule has 8 atom stereocenters. The number of Topliss-reactive ketones (excluding diaryl/α,β-unsaturated/α-hetero) is 2. The fraction of sp³-hybridized carbons (Fsp3) is 0.500. The molecule has 2 aliphatic rings. The number of nitrogens with zero attached hydrogens (tertiary/aromatic N) is 2. The number of aliphatic imine (C=N–C) groups is 1. The maximum absolute atomic E-state index is 14.6. The summed E-state index contributed by atoms with van der Waals surface area (Å²) in [4.78, 5) is 154. The van der Waals surface area contributed by atoms with Crippen LogP contribution in [0.1, 0.15) is 75.3 Å². The van der Waals surface area contributed by atoms with Gasteiger partial charge in [-0.2, -0.15) is 0 Å². The minimum Gasteiger partial charge on any atom is -0.508 e. The van der Waals surface area contributed by atoms with Crippen molar-refractivity contribution in [3.05, 3.63) is 65.7 Å². The maximum atomic E-state index is 14.6. The van der Waals surface area contributed by atoms with E-state index in [-0.39, 0.29) is 87.7 Å². The quantitative estimate of drug-likeness (QED) is 0.0271. The Labute approximate surface area is 440 Å². The summed E-state index contributed by atoms with van der Waals surface area (Å²) in [5.41, 5.74) is 34.6. The molecule has 0 aliphatic carbocycles. The summed E-state index contributed by atoms with van der Waals surface area (Å²) in [5.74, 6) is -11.0. The van der Waals surface area contributed by atoms with Gasteiger partial charge in [0, 0.05) is 69.5 Å². The van der Waals surface area contributed by atoms with Gasteiger partial charge in [0.1, 0.15) is 29.9 Å². The van der Waals surface area contributed by atoms with E-state index >= 15 is 0 Å². The van der Waals surface area contributed by atoms with E-state index < -0.39 is 132 Å². The number of ketones is 2. The highest BCUT2D eigenvalue weighted by Gasteiger charge is 2.40. The van der Waals surface area contributed by atoms with E-state index in [2.05, 4.69) is 31.6 Å². The summed E-state index contributed by atoms with van der Waals surface area (Å²) < 4.78 is 0. The number of phenols is 1. The average Bonchev–Trinajstić information content (AvgIpc) is 3.86. The van der Waals surface area contributed by atoms with Gasteiger partial charge in [0.05, 0.1) is 24.0 Å². The van der Waals surface area contributed by atoms with Crippen LogP contribution in [0.3, 0.4) is 0 Å². The van der Waals surface area contributed by atoms with Crippen molar-refractivity contribution in [3.8, 4) is 5.75 Å². The Hall–Kier alpha value is -7.26. The highest BCUT2D eigenvalue weighted by Crippen LogP contribution is 2.27. The molecular weight excluding hydrogens is 1010 g/mol. The van der Waals surface area contributed by atoms with Gasteiger partial charge in [-0.1, -0.05) is 64.1 Å². The first-order valence-corrected chi connectivity index (χ1v) is 26.7. The number of carbonyl (C=O) groups excluding carboxylic acids is 11. The first kappa shape index (κ1) is 60.3. The largest absolute Gasteiger partial charge is 0.508 e. The predicted molar refractivity (Wildman–Crippen MR) is 278 cm³/mol. The molecule has 9 amide bonds. The standard InChI is InChI=1S/C48H67N13O12S2/c49-30-24-74-75-25-35(47(73)61-19-5-9-36(61)46(72)57-31(8-4-18-55-48(53)54)37(63)15-17-40(51)66)60-42(68)28(23-41(52)67)22-38(64)32(14-16-39(50)65)56-44(70)34(20-26-6-2-1-3-7-26)59-45(71)33(58-43(30)69)21-27-10-12-29(62)13-11-27/h1-3,6-7,10-13,28,30-36,62H,4-5,8-9,14-25,49H2,(H2,50,65)(H2,51,66)(H2,52,67)(H,56,70)(H,57,72)(H,58,69)(H,59,71)(H,60,68)(H4,53,54,55)/t28-,30-,31-,32-,33-,34-,35-,36?/m0/s1. The van der Waals surface area contributed by atoms with Gasteiger partial charge in [-0.3, -0.25) is 57.7 Å². The number of guanidine groups is 1. The smallest absolute Gasteiger partial charge is 0.246 e. The number of benzene rings is 2. The Morgan fingerprint density at radius 1 is 0.720 bits per heavy atom. The van der Waals surface area contributed by atoms with Crippen molar-refractivity contribution in [2.45, 2.75) is 119 Å². The Morgan fingerprint density at radius 3 is 1.93 bits per heavy atom. The molecule has 75 heavy (non-hydrogen) atoms. The van der Waals surface area contributed by atoms with E-state index in [4.69, 9.17) is 34.4 Å². The molecule has 408 valence electrons. The van der Waals surface area contributed by atoms with Gasteiger partial charge in [0.15, 0.2) is 17.5 Å². The normalized spacial score (nSPS) is 22.8. The lowest BCUT2D eigenvalue weighted by molar-refractivity contribution is -0.142. The first-order chi connectivity index (χ1) is 35.6. The molecule has 2 fully saturated rings. The summed E-state index contributed by atoms with van der Waals surface area (Å²) in [5, 5.41) is 23.2. The van der Waals surface area contributed by atoms with E-state index in [1.807, 2.05) is 0 Å². The summed E-state index contributed by atoms with van der Waals surface area (Å²) >= 11 is 0. The van der Waals surface area contributed by atoms with Crippen LogP contribution in [0.25, 0.3) is 0 Å². The molecule has 0 radical (unpaired) electrons. The Balaban J connectivity index is 1.71. The number of rotatable bonds is 20. The lowest BCUT2D eigenvalue weighted by Crippen LogP contribution is -2.58. The molecule has 18 N–H and O–H groups in total. The molecule has 0 aromatic heterocycles. The van der Waals surface area contributed by atoms with E-state index in [0.29, 0.717) is 17.5 Å². The van der Waals surface area contributed by atoms with Crippen LogP contribution >= 0.6 is 21.6 Å². The van der Waals surface area contributed by atoms with Crippen molar-refractivity contribution in [1.82, 2.24) is 31.5 Å². The monoisotopic (exact) mass is 1080 g/mol. The molecule has 1 unspecified atom stereocenters. The Bertz CT molecular complexity index is 2410. The Kier molecular flexibility index (Phi) is 24.3. The maximum Gasteiger partial charge on any atom is 0.246 e. The van der Waals surface area contributed by atoms with Crippen LogP contribution < -0.4 is 61.0 Å². The van der Waals surface area contributed by atoms with Crippen LogP contribution in [0.2, 0.25) is 0 Å². The molecule has 4 rings (SSSR count). The molecule has 2 aliphatic heterocycles. The Morgan fingerprint density at radius 2 is 1.32 bits per heavy atom. The van der Waals surface area contributed by atoms with Crippen LogP contribution in [0.15, 0.2) is 59.6 Å². The fourth-order valence-corrected chi connectivity index (χ4v) is 10.5. The molecule has 0 saturated carbocycles. The molecule has 25 nitrogen and oxygen atoms in total. The van der Waals surface area contributed by atoms with Gasteiger partial charge >= 0.3 is 0 Å². The highest BCUT2D eigenvalue weighted by atomic mass is 33.1. The van der Waals surface area contributed by atoms with Crippen LogP contribution in [-0.4, -0.2) is 148 Å². The van der Waals surface area contributed by atoms with E-state index in [1.54, 1.807) is 30.3 Å². The minimum atomic E-state index is -1.54. The third-order valence-electron chi connectivity index (χ3n) is 12.2. The number of primary amides is 3. The van der Waals surface area contributed by atoms with Gasteiger partial charge in [-0.05, 0) is 55.4 Å². The number of nitrogens with one attached hydrogen (secondary N) is 5. The van der Waals surface area contributed by atoms with Crippen molar-refractivity contribution in [1.29, 1.82) is 0 Å². The lowest BCUT2D eigenvalue weighted by Gasteiger charge is -2.30.